The summed E-state index contributed by atoms with van der Waals surface area (Å²) < 4.78 is 5.35. The molecule has 25 heavy (non-hydrogen) atoms. The predicted molar refractivity (Wildman–Crippen MR) is 105 cm³/mol. The van der Waals surface area contributed by atoms with Gasteiger partial charge in [0.2, 0.25) is 0 Å². The van der Waals surface area contributed by atoms with Crippen LogP contribution >= 0.6 is 0 Å². The molecule has 136 valence electrons. The van der Waals surface area contributed by atoms with Gasteiger partial charge in [-0.1, -0.05) is 18.2 Å². The van der Waals surface area contributed by atoms with Crippen molar-refractivity contribution in [3.8, 4) is 0 Å². The standard InChI is InChI=1S/C19H29N5O/c1-5-25-12-8-11-21-19(20-2)22-14-15-13-18(24(3)4)23-17-10-7-6-9-16(15)17/h6-7,9-10,13H,5,8,11-12,14H2,1-4H3,(H2,20,21,22). The number of fused-ring (bicyclic) bond motifs is 1. The number of nitrogens with one attached hydrogen (secondary N) is 2. The van der Waals surface area contributed by atoms with E-state index in [1.165, 1.54) is 5.56 Å². The average Bonchev–Trinajstić information content (AvgIpc) is 2.63. The Balaban J connectivity index is 2.03. The molecular formula is C19H29N5O. The van der Waals surface area contributed by atoms with Crippen LogP contribution in [0.1, 0.15) is 18.9 Å². The molecule has 0 spiro atoms. The summed E-state index contributed by atoms with van der Waals surface area (Å²) in [5, 5.41) is 7.86. The Labute approximate surface area is 150 Å². The third-order valence-electron chi connectivity index (χ3n) is 3.88. The Morgan fingerprint density at radius 1 is 1.24 bits per heavy atom. The first-order valence-electron chi connectivity index (χ1n) is 8.74. The molecule has 0 aliphatic rings. The fourth-order valence-electron chi connectivity index (χ4n) is 2.53. The molecule has 0 aliphatic carbocycles. The lowest BCUT2D eigenvalue weighted by molar-refractivity contribution is 0.145. The van der Waals surface area contributed by atoms with E-state index in [-0.39, 0.29) is 0 Å². The van der Waals surface area contributed by atoms with Crippen LogP contribution in [-0.2, 0) is 11.3 Å². The monoisotopic (exact) mass is 343 g/mol. The average molecular weight is 343 g/mol. The molecule has 1 aromatic heterocycles. The molecule has 0 saturated heterocycles. The molecule has 1 heterocycles. The lowest BCUT2D eigenvalue weighted by atomic mass is 10.1. The topological polar surface area (TPSA) is 61.8 Å². The fourth-order valence-corrected chi connectivity index (χ4v) is 2.53. The molecule has 2 rings (SSSR count). The minimum atomic E-state index is 0.689. The highest BCUT2D eigenvalue weighted by atomic mass is 16.5. The maximum absolute atomic E-state index is 5.35. The summed E-state index contributed by atoms with van der Waals surface area (Å²) in [4.78, 5) is 11.0. The van der Waals surface area contributed by atoms with Crippen LogP contribution in [0.4, 0.5) is 5.82 Å². The summed E-state index contributed by atoms with van der Waals surface area (Å²) >= 11 is 0. The van der Waals surface area contributed by atoms with Gasteiger partial charge in [-0.2, -0.15) is 0 Å². The van der Waals surface area contributed by atoms with E-state index in [0.717, 1.165) is 48.9 Å². The summed E-state index contributed by atoms with van der Waals surface area (Å²) in [5.74, 6) is 1.75. The van der Waals surface area contributed by atoms with E-state index in [0.29, 0.717) is 6.54 Å². The van der Waals surface area contributed by atoms with Crippen LogP contribution in [0.3, 0.4) is 0 Å². The highest BCUT2D eigenvalue weighted by Gasteiger charge is 2.07. The molecule has 0 atom stereocenters. The van der Waals surface area contributed by atoms with Crippen molar-refractivity contribution in [3.05, 3.63) is 35.9 Å². The quantitative estimate of drug-likeness (QED) is 0.438. The summed E-state index contributed by atoms with van der Waals surface area (Å²) in [5.41, 5.74) is 2.21. The van der Waals surface area contributed by atoms with Crippen molar-refractivity contribution in [3.63, 3.8) is 0 Å². The zero-order chi connectivity index (χ0) is 18.1. The third-order valence-corrected chi connectivity index (χ3v) is 3.88. The molecule has 0 radical (unpaired) electrons. The maximum Gasteiger partial charge on any atom is 0.191 e. The third kappa shape index (κ3) is 5.60. The van der Waals surface area contributed by atoms with Crippen molar-refractivity contribution < 1.29 is 4.74 Å². The van der Waals surface area contributed by atoms with E-state index < -0.39 is 0 Å². The molecule has 0 amide bonds. The van der Waals surface area contributed by atoms with Crippen molar-refractivity contribution in [2.24, 2.45) is 4.99 Å². The van der Waals surface area contributed by atoms with Gasteiger partial charge in [0.1, 0.15) is 5.82 Å². The number of ether oxygens (including phenoxy) is 1. The van der Waals surface area contributed by atoms with Crippen LogP contribution in [0.5, 0.6) is 0 Å². The number of anilines is 1. The van der Waals surface area contributed by atoms with Crippen LogP contribution < -0.4 is 15.5 Å². The molecule has 0 aliphatic heterocycles. The smallest absolute Gasteiger partial charge is 0.191 e. The molecule has 0 bridgehead atoms. The number of hydrogen-bond acceptors (Lipinski definition) is 4. The second kappa shape index (κ2) is 9.84. The molecule has 6 nitrogen and oxygen atoms in total. The minimum absolute atomic E-state index is 0.689. The maximum atomic E-state index is 5.35. The molecule has 2 aromatic rings. The Morgan fingerprint density at radius 2 is 2.04 bits per heavy atom. The van der Waals surface area contributed by atoms with Gasteiger partial charge in [-0.05, 0) is 31.0 Å². The van der Waals surface area contributed by atoms with E-state index in [4.69, 9.17) is 9.72 Å². The normalized spacial score (nSPS) is 11.6. The first-order valence-corrected chi connectivity index (χ1v) is 8.74. The molecule has 1 aromatic carbocycles. The number of benzene rings is 1. The van der Waals surface area contributed by atoms with E-state index >= 15 is 0 Å². The SMILES string of the molecule is CCOCCCNC(=NC)NCc1cc(N(C)C)nc2ccccc12. The summed E-state index contributed by atoms with van der Waals surface area (Å²) in [7, 11) is 5.80. The first-order chi connectivity index (χ1) is 12.2. The highest BCUT2D eigenvalue weighted by Crippen LogP contribution is 2.21. The van der Waals surface area contributed by atoms with E-state index in [9.17, 15) is 0 Å². The Hall–Kier alpha value is -2.34. The van der Waals surface area contributed by atoms with E-state index in [2.05, 4.69) is 27.8 Å². The van der Waals surface area contributed by atoms with Crippen LogP contribution in [0, 0.1) is 0 Å². The van der Waals surface area contributed by atoms with Gasteiger partial charge in [0.05, 0.1) is 5.52 Å². The number of pyridine rings is 1. The molecule has 0 fully saturated rings. The van der Waals surface area contributed by atoms with Crippen molar-refractivity contribution in [1.82, 2.24) is 15.6 Å². The van der Waals surface area contributed by atoms with Gasteiger partial charge in [0.25, 0.3) is 0 Å². The van der Waals surface area contributed by atoms with Gasteiger partial charge >= 0.3 is 0 Å². The summed E-state index contributed by atoms with van der Waals surface area (Å²) in [6.07, 6.45) is 0.956. The number of aromatic nitrogens is 1. The van der Waals surface area contributed by atoms with E-state index in [1.54, 1.807) is 7.05 Å². The van der Waals surface area contributed by atoms with Crippen LogP contribution in [0.2, 0.25) is 0 Å². The lowest BCUT2D eigenvalue weighted by Crippen LogP contribution is -2.37. The second-order valence-electron chi connectivity index (χ2n) is 5.95. The zero-order valence-electron chi connectivity index (χ0n) is 15.7. The van der Waals surface area contributed by atoms with Crippen LogP contribution in [-0.4, -0.2) is 51.8 Å². The molecule has 6 heteroatoms. The first kappa shape index (κ1) is 19.0. The Bertz CT molecular complexity index is 699. The fraction of sp³-hybridized carbons (Fsp3) is 0.474. The van der Waals surface area contributed by atoms with E-state index in [1.807, 2.05) is 44.1 Å². The van der Waals surface area contributed by atoms with Gasteiger partial charge in [-0.15, -0.1) is 0 Å². The van der Waals surface area contributed by atoms with Gasteiger partial charge in [0.15, 0.2) is 5.96 Å². The Kier molecular flexibility index (Phi) is 7.47. The van der Waals surface area contributed by atoms with Crippen molar-refractivity contribution in [2.45, 2.75) is 19.9 Å². The van der Waals surface area contributed by atoms with Gasteiger partial charge < -0.3 is 20.3 Å². The molecule has 0 saturated carbocycles. The molecular weight excluding hydrogens is 314 g/mol. The summed E-state index contributed by atoms with van der Waals surface area (Å²) in [6.45, 7) is 5.06. The van der Waals surface area contributed by atoms with Crippen molar-refractivity contribution >= 4 is 22.7 Å². The van der Waals surface area contributed by atoms with Crippen LogP contribution in [0.25, 0.3) is 10.9 Å². The number of hydrogen-bond donors (Lipinski definition) is 2. The minimum Gasteiger partial charge on any atom is -0.382 e. The number of para-hydroxylation sites is 1. The number of aliphatic imine (C=N–C) groups is 1. The highest BCUT2D eigenvalue weighted by molar-refractivity contribution is 5.85. The number of guanidine groups is 1. The summed E-state index contributed by atoms with van der Waals surface area (Å²) in [6, 6.07) is 10.3. The van der Waals surface area contributed by atoms with Gasteiger partial charge in [0, 0.05) is 52.8 Å². The largest absolute Gasteiger partial charge is 0.382 e. The van der Waals surface area contributed by atoms with Gasteiger partial charge in [-0.25, -0.2) is 4.98 Å². The molecule has 2 N–H and O–H groups in total. The van der Waals surface area contributed by atoms with Crippen molar-refractivity contribution in [2.75, 3.05) is 45.8 Å². The molecule has 0 unspecified atom stereocenters. The lowest BCUT2D eigenvalue weighted by Gasteiger charge is -2.17. The Morgan fingerprint density at radius 3 is 2.76 bits per heavy atom. The second-order valence-corrected chi connectivity index (χ2v) is 5.95. The zero-order valence-corrected chi connectivity index (χ0v) is 15.7. The number of nitrogens with zero attached hydrogens (tertiary/aromatic N) is 3. The van der Waals surface area contributed by atoms with Gasteiger partial charge in [-0.3, -0.25) is 4.99 Å². The number of rotatable bonds is 8. The predicted octanol–water partition coefficient (Wildman–Crippen LogP) is 2.39. The van der Waals surface area contributed by atoms with Crippen LogP contribution in [0.15, 0.2) is 35.3 Å². The van der Waals surface area contributed by atoms with Crippen molar-refractivity contribution in [1.29, 1.82) is 0 Å².